The van der Waals surface area contributed by atoms with Crippen molar-refractivity contribution in [3.8, 4) is 11.5 Å². The van der Waals surface area contributed by atoms with E-state index in [-0.39, 0.29) is 11.4 Å². The number of nitrogens with zero attached hydrogens (tertiary/aromatic N) is 1. The number of nitrogens with one attached hydrogen (secondary N) is 1. The second-order valence-corrected chi connectivity index (χ2v) is 8.01. The van der Waals surface area contributed by atoms with Gasteiger partial charge < -0.3 is 19.5 Å². The Labute approximate surface area is 180 Å². The standard InChI is InChI=1S/C24H36N2O4/c1-3-29-21-10-8-20(18-22(21)30-4-2)9-11-23(27)25-19-24(12-16-28-17-13-24)26-14-6-5-7-15-26/h8-11,18H,3-7,12-17,19H2,1-2H3,(H,25,27). The molecule has 30 heavy (non-hydrogen) atoms. The summed E-state index contributed by atoms with van der Waals surface area (Å²) in [5.41, 5.74) is 0.942. The van der Waals surface area contributed by atoms with Crippen molar-refractivity contribution in [3.63, 3.8) is 0 Å². The second-order valence-electron chi connectivity index (χ2n) is 8.01. The zero-order valence-electron chi connectivity index (χ0n) is 18.5. The Morgan fingerprint density at radius 3 is 2.50 bits per heavy atom. The minimum atomic E-state index is -0.0651. The van der Waals surface area contributed by atoms with Crippen LogP contribution in [0.5, 0.6) is 11.5 Å². The summed E-state index contributed by atoms with van der Waals surface area (Å²) in [6, 6.07) is 5.73. The number of amides is 1. The Morgan fingerprint density at radius 2 is 1.80 bits per heavy atom. The molecule has 1 aromatic rings. The van der Waals surface area contributed by atoms with Crippen LogP contribution < -0.4 is 14.8 Å². The van der Waals surface area contributed by atoms with Crippen molar-refractivity contribution < 1.29 is 19.0 Å². The lowest BCUT2D eigenvalue weighted by Gasteiger charge is -2.48. The molecule has 2 heterocycles. The van der Waals surface area contributed by atoms with Gasteiger partial charge in [0.05, 0.1) is 13.2 Å². The van der Waals surface area contributed by atoms with Crippen LogP contribution in [0.25, 0.3) is 6.08 Å². The van der Waals surface area contributed by atoms with Gasteiger partial charge in [0, 0.05) is 31.4 Å². The van der Waals surface area contributed by atoms with E-state index in [1.54, 1.807) is 6.08 Å². The van der Waals surface area contributed by atoms with Gasteiger partial charge in [-0.05, 0) is 76.4 Å². The molecular weight excluding hydrogens is 380 g/mol. The van der Waals surface area contributed by atoms with Crippen molar-refractivity contribution in [2.75, 3.05) is 46.1 Å². The van der Waals surface area contributed by atoms with Gasteiger partial charge in [0.2, 0.25) is 5.91 Å². The third-order valence-electron chi connectivity index (χ3n) is 6.04. The monoisotopic (exact) mass is 416 g/mol. The molecule has 3 rings (SSSR count). The molecule has 0 aromatic heterocycles. The Kier molecular flexibility index (Phi) is 8.58. The van der Waals surface area contributed by atoms with Crippen molar-refractivity contribution in [2.45, 2.75) is 51.5 Å². The van der Waals surface area contributed by atoms with Crippen LogP contribution in [-0.2, 0) is 9.53 Å². The van der Waals surface area contributed by atoms with Crippen molar-refractivity contribution in [3.05, 3.63) is 29.8 Å². The van der Waals surface area contributed by atoms with Gasteiger partial charge in [0.25, 0.3) is 0 Å². The number of carbonyl (C=O) groups excluding carboxylic acids is 1. The Morgan fingerprint density at radius 1 is 1.10 bits per heavy atom. The van der Waals surface area contributed by atoms with Gasteiger partial charge in [-0.1, -0.05) is 12.5 Å². The molecule has 0 spiro atoms. The van der Waals surface area contributed by atoms with Crippen LogP contribution in [-0.4, -0.2) is 62.4 Å². The molecule has 166 valence electrons. The zero-order valence-corrected chi connectivity index (χ0v) is 18.5. The van der Waals surface area contributed by atoms with Crippen LogP contribution in [0.2, 0.25) is 0 Å². The van der Waals surface area contributed by atoms with Crippen molar-refractivity contribution in [2.24, 2.45) is 0 Å². The van der Waals surface area contributed by atoms with Gasteiger partial charge in [-0.15, -0.1) is 0 Å². The minimum absolute atomic E-state index is 0.0312. The quantitative estimate of drug-likeness (QED) is 0.623. The smallest absolute Gasteiger partial charge is 0.244 e. The molecule has 2 fully saturated rings. The Balaban J connectivity index is 1.61. The zero-order chi connectivity index (χ0) is 21.2. The number of hydrogen-bond donors (Lipinski definition) is 1. The first kappa shape index (κ1) is 22.6. The molecule has 1 amide bonds. The molecule has 2 saturated heterocycles. The van der Waals surface area contributed by atoms with Gasteiger partial charge in [0.1, 0.15) is 0 Å². The Bertz CT molecular complexity index is 707. The molecule has 2 aliphatic heterocycles. The number of hydrogen-bond acceptors (Lipinski definition) is 5. The molecule has 0 unspecified atom stereocenters. The predicted molar refractivity (Wildman–Crippen MR) is 119 cm³/mol. The normalized spacial score (nSPS) is 19.5. The van der Waals surface area contributed by atoms with E-state index < -0.39 is 0 Å². The average Bonchev–Trinajstić information content (AvgIpc) is 2.79. The van der Waals surface area contributed by atoms with Gasteiger partial charge >= 0.3 is 0 Å². The molecule has 0 saturated carbocycles. The van der Waals surface area contributed by atoms with E-state index in [4.69, 9.17) is 14.2 Å². The third-order valence-corrected chi connectivity index (χ3v) is 6.04. The molecule has 0 bridgehead atoms. The highest BCUT2D eigenvalue weighted by atomic mass is 16.5. The van der Waals surface area contributed by atoms with E-state index in [1.165, 1.54) is 19.3 Å². The third kappa shape index (κ3) is 5.99. The maximum atomic E-state index is 12.6. The summed E-state index contributed by atoms with van der Waals surface area (Å²) in [6.45, 7) is 9.51. The summed E-state index contributed by atoms with van der Waals surface area (Å²) in [6.07, 6.45) is 9.19. The predicted octanol–water partition coefficient (Wildman–Crippen LogP) is 3.65. The lowest BCUT2D eigenvalue weighted by atomic mass is 9.86. The first-order valence-corrected chi connectivity index (χ1v) is 11.4. The average molecular weight is 417 g/mol. The maximum Gasteiger partial charge on any atom is 0.244 e. The highest BCUT2D eigenvalue weighted by Crippen LogP contribution is 2.31. The van der Waals surface area contributed by atoms with Crippen LogP contribution in [0.4, 0.5) is 0 Å². The number of rotatable bonds is 9. The lowest BCUT2D eigenvalue weighted by Crippen LogP contribution is -2.59. The van der Waals surface area contributed by atoms with E-state index >= 15 is 0 Å². The first-order valence-electron chi connectivity index (χ1n) is 11.4. The van der Waals surface area contributed by atoms with Crippen molar-refractivity contribution >= 4 is 12.0 Å². The number of ether oxygens (including phenoxy) is 3. The topological polar surface area (TPSA) is 60.0 Å². The second kappa shape index (κ2) is 11.4. The number of benzene rings is 1. The maximum absolute atomic E-state index is 12.6. The van der Waals surface area contributed by atoms with E-state index in [0.29, 0.717) is 25.5 Å². The van der Waals surface area contributed by atoms with Crippen LogP contribution in [0.15, 0.2) is 24.3 Å². The van der Waals surface area contributed by atoms with E-state index in [0.717, 1.165) is 50.5 Å². The number of carbonyl (C=O) groups is 1. The van der Waals surface area contributed by atoms with Crippen molar-refractivity contribution in [1.82, 2.24) is 10.2 Å². The summed E-state index contributed by atoms with van der Waals surface area (Å²) >= 11 is 0. The van der Waals surface area contributed by atoms with E-state index in [1.807, 2.05) is 38.1 Å². The SMILES string of the molecule is CCOc1ccc(C=CC(=O)NCC2(N3CCCCC3)CCOCC2)cc1OCC. The van der Waals surface area contributed by atoms with Gasteiger partial charge in [-0.2, -0.15) is 0 Å². The summed E-state index contributed by atoms with van der Waals surface area (Å²) in [5, 5.41) is 3.15. The number of piperidine rings is 1. The summed E-state index contributed by atoms with van der Waals surface area (Å²) in [7, 11) is 0. The van der Waals surface area contributed by atoms with Crippen LogP contribution >= 0.6 is 0 Å². The summed E-state index contributed by atoms with van der Waals surface area (Å²) in [4.78, 5) is 15.1. The molecular formula is C24H36N2O4. The molecule has 6 nitrogen and oxygen atoms in total. The summed E-state index contributed by atoms with van der Waals surface area (Å²) in [5.74, 6) is 1.36. The summed E-state index contributed by atoms with van der Waals surface area (Å²) < 4.78 is 16.9. The van der Waals surface area contributed by atoms with E-state index in [2.05, 4.69) is 10.2 Å². The Hall–Kier alpha value is -2.05. The minimum Gasteiger partial charge on any atom is -0.490 e. The van der Waals surface area contributed by atoms with Gasteiger partial charge in [0.15, 0.2) is 11.5 Å². The number of likely N-dealkylation sites (tertiary alicyclic amines) is 1. The van der Waals surface area contributed by atoms with Gasteiger partial charge in [-0.25, -0.2) is 0 Å². The lowest BCUT2D eigenvalue weighted by molar-refractivity contribution is -0.118. The highest BCUT2D eigenvalue weighted by molar-refractivity contribution is 5.91. The fourth-order valence-corrected chi connectivity index (χ4v) is 4.38. The molecule has 2 aliphatic rings. The van der Waals surface area contributed by atoms with Crippen LogP contribution in [0.3, 0.4) is 0 Å². The molecule has 0 aliphatic carbocycles. The van der Waals surface area contributed by atoms with E-state index in [9.17, 15) is 4.79 Å². The molecule has 0 atom stereocenters. The molecule has 0 radical (unpaired) electrons. The highest BCUT2D eigenvalue weighted by Gasteiger charge is 2.38. The van der Waals surface area contributed by atoms with Crippen LogP contribution in [0, 0.1) is 0 Å². The van der Waals surface area contributed by atoms with Crippen molar-refractivity contribution in [1.29, 1.82) is 0 Å². The fourth-order valence-electron chi connectivity index (χ4n) is 4.38. The molecule has 1 N–H and O–H groups in total. The molecule has 1 aromatic carbocycles. The molecule has 6 heteroatoms. The fraction of sp³-hybridized carbons (Fsp3) is 0.625. The first-order chi connectivity index (χ1) is 14.7. The van der Waals surface area contributed by atoms with Gasteiger partial charge in [-0.3, -0.25) is 9.69 Å². The largest absolute Gasteiger partial charge is 0.490 e. The van der Waals surface area contributed by atoms with Crippen LogP contribution in [0.1, 0.15) is 51.5 Å².